The van der Waals surface area contributed by atoms with Gasteiger partial charge in [0.15, 0.2) is 17.5 Å². The van der Waals surface area contributed by atoms with Gasteiger partial charge in [-0.1, -0.05) is 164 Å². The summed E-state index contributed by atoms with van der Waals surface area (Å²) in [6.45, 7) is 0. The SMILES string of the molecule is c1ccc(-c2nc(-c3ccccc3)nc(-c3cccc(-c4ccc5c(c4)C4(c6ccccc6Oc6ccccc64)c4cc(-c6cccc7cccnc67)ccc4-5)c3)n2)cc1. The van der Waals surface area contributed by atoms with E-state index in [1.54, 1.807) is 0 Å². The molecule has 0 bridgehead atoms. The first-order chi connectivity index (χ1) is 29.7. The number of pyridine rings is 1. The van der Waals surface area contributed by atoms with Gasteiger partial charge in [0.25, 0.3) is 0 Å². The van der Waals surface area contributed by atoms with E-state index in [2.05, 4.69) is 133 Å². The van der Waals surface area contributed by atoms with E-state index in [1.807, 2.05) is 72.9 Å². The minimum atomic E-state index is -0.652. The zero-order chi connectivity index (χ0) is 39.6. The fraction of sp³-hybridized carbons (Fsp3) is 0.0182. The smallest absolute Gasteiger partial charge is 0.164 e. The monoisotopic (exact) mass is 766 g/mol. The Kier molecular flexibility index (Phi) is 7.69. The van der Waals surface area contributed by atoms with Gasteiger partial charge in [0.1, 0.15) is 11.5 Å². The van der Waals surface area contributed by atoms with Crippen LogP contribution in [-0.2, 0) is 5.41 Å². The molecule has 280 valence electrons. The zero-order valence-electron chi connectivity index (χ0n) is 32.3. The first-order valence-corrected chi connectivity index (χ1v) is 20.2. The molecule has 0 saturated heterocycles. The Morgan fingerprint density at radius 1 is 0.333 bits per heavy atom. The maximum Gasteiger partial charge on any atom is 0.164 e. The summed E-state index contributed by atoms with van der Waals surface area (Å²) >= 11 is 0. The van der Waals surface area contributed by atoms with Gasteiger partial charge in [-0.2, -0.15) is 0 Å². The number of benzene rings is 8. The lowest BCUT2D eigenvalue weighted by Gasteiger charge is -2.39. The molecule has 2 aromatic heterocycles. The molecule has 5 nitrogen and oxygen atoms in total. The molecule has 1 spiro atoms. The molecule has 5 heteroatoms. The molecule has 1 aliphatic heterocycles. The molecule has 0 N–H and O–H groups in total. The van der Waals surface area contributed by atoms with Gasteiger partial charge in [-0.25, -0.2) is 15.0 Å². The van der Waals surface area contributed by atoms with Crippen LogP contribution >= 0.6 is 0 Å². The maximum absolute atomic E-state index is 6.70. The summed E-state index contributed by atoms with van der Waals surface area (Å²) in [5, 5.41) is 1.12. The van der Waals surface area contributed by atoms with Crippen molar-refractivity contribution in [1.29, 1.82) is 0 Å². The molecule has 0 radical (unpaired) electrons. The predicted octanol–water partition coefficient (Wildman–Crippen LogP) is 13.2. The van der Waals surface area contributed by atoms with Crippen molar-refractivity contribution >= 4 is 10.9 Å². The van der Waals surface area contributed by atoms with Crippen LogP contribution in [0.15, 0.2) is 206 Å². The summed E-state index contributed by atoms with van der Waals surface area (Å²) in [7, 11) is 0. The van der Waals surface area contributed by atoms with Crippen LogP contribution in [0.25, 0.3) is 78.4 Å². The molecule has 0 unspecified atom stereocenters. The number of fused-ring (bicyclic) bond motifs is 10. The van der Waals surface area contributed by atoms with Crippen molar-refractivity contribution in [3.05, 3.63) is 229 Å². The minimum Gasteiger partial charge on any atom is -0.457 e. The average Bonchev–Trinajstić information content (AvgIpc) is 3.61. The normalized spacial score (nSPS) is 12.9. The van der Waals surface area contributed by atoms with Crippen molar-refractivity contribution in [1.82, 2.24) is 19.9 Å². The number of aromatic nitrogens is 4. The van der Waals surface area contributed by atoms with Crippen LogP contribution in [0, 0.1) is 0 Å². The highest BCUT2D eigenvalue weighted by Crippen LogP contribution is 2.63. The van der Waals surface area contributed by atoms with E-state index < -0.39 is 5.41 Å². The van der Waals surface area contributed by atoms with Gasteiger partial charge in [-0.3, -0.25) is 4.98 Å². The van der Waals surface area contributed by atoms with Crippen molar-refractivity contribution in [3.8, 4) is 79.0 Å². The number of hydrogen-bond donors (Lipinski definition) is 0. The first kappa shape index (κ1) is 34.1. The summed E-state index contributed by atoms with van der Waals surface area (Å²) in [5.74, 6) is 3.61. The zero-order valence-corrected chi connectivity index (χ0v) is 32.3. The van der Waals surface area contributed by atoms with Crippen molar-refractivity contribution in [3.63, 3.8) is 0 Å². The van der Waals surface area contributed by atoms with E-state index in [0.29, 0.717) is 17.5 Å². The van der Waals surface area contributed by atoms with E-state index in [4.69, 9.17) is 24.7 Å². The van der Waals surface area contributed by atoms with Gasteiger partial charge < -0.3 is 4.74 Å². The van der Waals surface area contributed by atoms with Gasteiger partial charge in [0, 0.05) is 45.0 Å². The standard InChI is InChI=1S/C55H34N4O/c1-3-14-36(15-4-1)52-57-53(37-16-5-2-6-17-37)59-54(58-52)41-20-11-19-38(32-41)39-27-29-43-44-30-28-40(42-22-12-18-35-21-13-31-56-51(35)42)34-48(44)55(47(43)33-39)45-23-7-9-25-49(45)60-50-26-10-8-24-46(50)55/h1-34H. The largest absolute Gasteiger partial charge is 0.457 e. The molecule has 8 aromatic carbocycles. The maximum atomic E-state index is 6.70. The van der Waals surface area contributed by atoms with Crippen molar-refractivity contribution in [2.24, 2.45) is 0 Å². The Balaban J connectivity index is 1.06. The molecular weight excluding hydrogens is 733 g/mol. The van der Waals surface area contributed by atoms with E-state index in [9.17, 15) is 0 Å². The summed E-state index contributed by atoms with van der Waals surface area (Å²) < 4.78 is 6.70. The third-order valence-corrected chi connectivity index (χ3v) is 12.0. The lowest BCUT2D eigenvalue weighted by molar-refractivity contribution is 0.436. The molecule has 60 heavy (non-hydrogen) atoms. The molecule has 12 rings (SSSR count). The lowest BCUT2D eigenvalue weighted by atomic mass is 9.65. The van der Waals surface area contributed by atoms with Crippen LogP contribution in [0.3, 0.4) is 0 Å². The second-order valence-corrected chi connectivity index (χ2v) is 15.4. The third kappa shape index (κ3) is 5.26. The number of para-hydroxylation sites is 3. The number of rotatable bonds is 5. The minimum absolute atomic E-state index is 0.623. The second-order valence-electron chi connectivity index (χ2n) is 15.4. The third-order valence-electron chi connectivity index (χ3n) is 12.0. The van der Waals surface area contributed by atoms with E-state index in [0.717, 1.165) is 72.5 Å². The number of hydrogen-bond acceptors (Lipinski definition) is 5. The first-order valence-electron chi connectivity index (χ1n) is 20.2. The molecule has 10 aromatic rings. The van der Waals surface area contributed by atoms with Crippen molar-refractivity contribution in [2.45, 2.75) is 5.41 Å². The van der Waals surface area contributed by atoms with Crippen LogP contribution < -0.4 is 4.74 Å². The highest BCUT2D eigenvalue weighted by Gasteiger charge is 2.51. The molecule has 0 fully saturated rings. The molecule has 1 aliphatic carbocycles. The van der Waals surface area contributed by atoms with E-state index >= 15 is 0 Å². The van der Waals surface area contributed by atoms with Crippen LogP contribution in [0.2, 0.25) is 0 Å². The summed E-state index contributed by atoms with van der Waals surface area (Å²) in [5.41, 5.74) is 14.6. The molecule has 0 atom stereocenters. The highest BCUT2D eigenvalue weighted by atomic mass is 16.5. The second kappa shape index (κ2) is 13.5. The van der Waals surface area contributed by atoms with E-state index in [-0.39, 0.29) is 0 Å². The van der Waals surface area contributed by atoms with Gasteiger partial charge in [0.05, 0.1) is 10.9 Å². The highest BCUT2D eigenvalue weighted by molar-refractivity contribution is 5.97. The fourth-order valence-electron chi connectivity index (χ4n) is 9.36. The molecule has 0 saturated carbocycles. The summed E-state index contributed by atoms with van der Waals surface area (Å²) in [4.78, 5) is 19.9. The van der Waals surface area contributed by atoms with Crippen molar-refractivity contribution < 1.29 is 4.74 Å². The van der Waals surface area contributed by atoms with Gasteiger partial charge in [-0.15, -0.1) is 0 Å². The van der Waals surface area contributed by atoms with E-state index in [1.165, 1.54) is 22.3 Å². The molecule has 3 heterocycles. The van der Waals surface area contributed by atoms with Crippen molar-refractivity contribution in [2.75, 3.05) is 0 Å². The van der Waals surface area contributed by atoms with Gasteiger partial charge >= 0.3 is 0 Å². The molecule has 0 amide bonds. The Labute approximate surface area is 347 Å². The predicted molar refractivity (Wildman–Crippen MR) is 240 cm³/mol. The molecular formula is C55H34N4O. The quantitative estimate of drug-likeness (QED) is 0.175. The Hall–Kier alpha value is -8.02. The van der Waals surface area contributed by atoms with Crippen LogP contribution in [0.4, 0.5) is 0 Å². The average molecular weight is 767 g/mol. The fourth-order valence-corrected chi connectivity index (χ4v) is 9.36. The Morgan fingerprint density at radius 3 is 1.50 bits per heavy atom. The van der Waals surface area contributed by atoms with Gasteiger partial charge in [0.2, 0.25) is 0 Å². The summed E-state index contributed by atoms with van der Waals surface area (Å²) in [6, 6.07) is 70.3. The molecule has 2 aliphatic rings. The van der Waals surface area contributed by atoms with Crippen LogP contribution in [-0.4, -0.2) is 19.9 Å². The lowest BCUT2D eigenvalue weighted by Crippen LogP contribution is -2.32. The Bertz CT molecular complexity index is 3200. The van der Waals surface area contributed by atoms with Crippen LogP contribution in [0.1, 0.15) is 22.3 Å². The number of nitrogens with zero attached hydrogens (tertiary/aromatic N) is 4. The van der Waals surface area contributed by atoms with Crippen LogP contribution in [0.5, 0.6) is 11.5 Å². The topological polar surface area (TPSA) is 60.8 Å². The van der Waals surface area contributed by atoms with Gasteiger partial charge in [-0.05, 0) is 75.3 Å². The summed E-state index contributed by atoms with van der Waals surface area (Å²) in [6.07, 6.45) is 1.88. The Morgan fingerprint density at radius 2 is 0.833 bits per heavy atom. The number of ether oxygens (including phenoxy) is 1.